The van der Waals surface area contributed by atoms with E-state index in [0.717, 1.165) is 13.1 Å². The minimum absolute atomic E-state index is 0.0812. The molecule has 4 rings (SSSR count). The Hall–Kier alpha value is -2.47. The highest BCUT2D eigenvalue weighted by Crippen LogP contribution is 2.32. The lowest BCUT2D eigenvalue weighted by Crippen LogP contribution is -2.46. The van der Waals surface area contributed by atoms with Crippen LogP contribution in [0.1, 0.15) is 47.0 Å². The molecule has 4 heterocycles. The SMILES string of the molecule is CC(=O)N1CCC(C)C1.CC1(C)Oc2cnc(NC3CCN(S(C)(=O)=O)CC3)nc2NC1=O. The predicted octanol–water partition coefficient (Wildman–Crippen LogP) is 1.30. The van der Waals surface area contributed by atoms with Crippen LogP contribution in [-0.2, 0) is 19.6 Å². The normalized spacial score (nSPS) is 23.0. The molecule has 0 radical (unpaired) electrons. The van der Waals surface area contributed by atoms with Crippen LogP contribution in [0.2, 0.25) is 0 Å². The second kappa shape index (κ2) is 9.80. The summed E-state index contributed by atoms with van der Waals surface area (Å²) in [7, 11) is -3.14. The number of carbonyl (C=O) groups excluding carboxylic acids is 2. The molecule has 3 aliphatic rings. The molecule has 0 bridgehead atoms. The second-order valence-corrected chi connectivity index (χ2v) is 11.4. The van der Waals surface area contributed by atoms with Gasteiger partial charge in [0.15, 0.2) is 17.2 Å². The van der Waals surface area contributed by atoms with E-state index >= 15 is 0 Å². The van der Waals surface area contributed by atoms with Crippen LogP contribution in [0, 0.1) is 5.92 Å². The summed E-state index contributed by atoms with van der Waals surface area (Å²) in [4.78, 5) is 33.0. The predicted molar refractivity (Wildman–Crippen MR) is 124 cm³/mol. The molecule has 2 saturated heterocycles. The minimum atomic E-state index is -3.14. The molecule has 1 unspecified atom stereocenters. The summed E-state index contributed by atoms with van der Waals surface area (Å²) in [6.07, 6.45) is 5.27. The number of likely N-dealkylation sites (tertiary alicyclic amines) is 1. The van der Waals surface area contributed by atoms with Gasteiger partial charge in [0.2, 0.25) is 21.9 Å². The lowest BCUT2D eigenvalue weighted by Gasteiger charge is -2.32. The number of hydrogen-bond acceptors (Lipinski definition) is 8. The highest BCUT2D eigenvalue weighted by Gasteiger charge is 2.36. The molecule has 1 aromatic rings. The van der Waals surface area contributed by atoms with Crippen molar-refractivity contribution in [3.63, 3.8) is 0 Å². The zero-order chi connectivity index (χ0) is 24.4. The molecule has 33 heavy (non-hydrogen) atoms. The number of sulfonamides is 1. The first-order chi connectivity index (χ1) is 15.3. The smallest absolute Gasteiger partial charge is 0.269 e. The van der Waals surface area contributed by atoms with Gasteiger partial charge in [-0.2, -0.15) is 4.98 Å². The summed E-state index contributed by atoms with van der Waals surface area (Å²) in [6.45, 7) is 10.0. The van der Waals surface area contributed by atoms with Crippen LogP contribution in [-0.4, -0.2) is 83.5 Å². The van der Waals surface area contributed by atoms with Crippen molar-refractivity contribution in [3.8, 4) is 5.75 Å². The van der Waals surface area contributed by atoms with Crippen LogP contribution in [0.4, 0.5) is 11.8 Å². The summed E-state index contributed by atoms with van der Waals surface area (Å²) in [5, 5.41) is 5.90. The highest BCUT2D eigenvalue weighted by molar-refractivity contribution is 7.88. The maximum Gasteiger partial charge on any atom is 0.269 e. The molecule has 0 aromatic carbocycles. The summed E-state index contributed by atoms with van der Waals surface area (Å²) >= 11 is 0. The van der Waals surface area contributed by atoms with Gasteiger partial charge in [-0.1, -0.05) is 6.92 Å². The van der Waals surface area contributed by atoms with Gasteiger partial charge in [0, 0.05) is 39.1 Å². The van der Waals surface area contributed by atoms with Crippen molar-refractivity contribution in [1.29, 1.82) is 0 Å². The average molecular weight is 483 g/mol. The Balaban J connectivity index is 0.000000286. The second-order valence-electron chi connectivity index (χ2n) is 9.41. The van der Waals surface area contributed by atoms with Crippen LogP contribution in [0.15, 0.2) is 6.20 Å². The zero-order valence-electron chi connectivity index (χ0n) is 19.9. The Bertz CT molecular complexity index is 991. The third-order valence-corrected chi connectivity index (χ3v) is 7.33. The Labute approximate surface area is 195 Å². The van der Waals surface area contributed by atoms with E-state index in [1.54, 1.807) is 20.8 Å². The molecule has 184 valence electrons. The van der Waals surface area contributed by atoms with Gasteiger partial charge in [-0.25, -0.2) is 17.7 Å². The molecule has 2 amide bonds. The molecule has 2 fully saturated rings. The number of carbonyl (C=O) groups is 2. The van der Waals surface area contributed by atoms with E-state index in [4.69, 9.17) is 4.74 Å². The molecule has 12 heteroatoms. The number of nitrogens with one attached hydrogen (secondary N) is 2. The van der Waals surface area contributed by atoms with Crippen molar-refractivity contribution in [2.45, 2.75) is 58.6 Å². The fourth-order valence-corrected chi connectivity index (χ4v) is 4.79. The molecule has 1 atom stereocenters. The van der Waals surface area contributed by atoms with Crippen molar-refractivity contribution < 1.29 is 22.7 Å². The van der Waals surface area contributed by atoms with Crippen molar-refractivity contribution in [3.05, 3.63) is 6.20 Å². The third kappa shape index (κ3) is 6.53. The fourth-order valence-electron chi connectivity index (χ4n) is 3.92. The molecular weight excluding hydrogens is 448 g/mol. The average Bonchev–Trinajstić information content (AvgIpc) is 3.16. The van der Waals surface area contributed by atoms with Crippen LogP contribution in [0.5, 0.6) is 5.75 Å². The van der Waals surface area contributed by atoms with E-state index < -0.39 is 15.6 Å². The monoisotopic (exact) mass is 482 g/mol. The minimum Gasteiger partial charge on any atom is -0.472 e. The van der Waals surface area contributed by atoms with Gasteiger partial charge >= 0.3 is 0 Å². The van der Waals surface area contributed by atoms with E-state index in [9.17, 15) is 18.0 Å². The van der Waals surface area contributed by atoms with E-state index in [1.165, 1.54) is 23.2 Å². The molecular formula is C21H34N6O5S. The molecule has 2 N–H and O–H groups in total. The van der Waals surface area contributed by atoms with Crippen LogP contribution in [0.3, 0.4) is 0 Å². The van der Waals surface area contributed by atoms with Gasteiger partial charge in [-0.05, 0) is 39.0 Å². The number of nitrogens with zero attached hydrogens (tertiary/aromatic N) is 4. The van der Waals surface area contributed by atoms with Crippen LogP contribution in [0.25, 0.3) is 0 Å². The number of fused-ring (bicyclic) bond motifs is 1. The lowest BCUT2D eigenvalue weighted by molar-refractivity contribution is -0.129. The van der Waals surface area contributed by atoms with Gasteiger partial charge < -0.3 is 20.3 Å². The standard InChI is InChI=1S/C14H21N5O4S.C7H13NO/c1-14(2)12(20)17-11-10(23-14)8-15-13(18-11)16-9-4-6-19(7-5-9)24(3,21)22;1-6-3-4-8(5-6)7(2)9/h8-9H,4-7H2,1-3H3,(H2,15,16,17,18,20);6H,3-5H2,1-2H3. The molecule has 0 aliphatic carbocycles. The molecule has 11 nitrogen and oxygen atoms in total. The largest absolute Gasteiger partial charge is 0.472 e. The van der Waals surface area contributed by atoms with Gasteiger partial charge in [-0.3, -0.25) is 9.59 Å². The Kier molecular flexibility index (Phi) is 7.47. The lowest BCUT2D eigenvalue weighted by atomic mass is 10.1. The first kappa shape index (κ1) is 25.2. The number of hydrogen-bond donors (Lipinski definition) is 2. The number of anilines is 2. The molecule has 0 spiro atoms. The van der Waals surface area contributed by atoms with Crippen molar-refractivity contribution in [2.24, 2.45) is 5.92 Å². The Morgan fingerprint density at radius 3 is 2.42 bits per heavy atom. The number of aromatic nitrogens is 2. The number of ether oxygens (including phenoxy) is 1. The fraction of sp³-hybridized carbons (Fsp3) is 0.714. The quantitative estimate of drug-likeness (QED) is 0.658. The molecule has 1 aromatic heterocycles. The van der Waals surface area contributed by atoms with E-state index in [1.807, 2.05) is 4.90 Å². The molecule has 3 aliphatic heterocycles. The van der Waals surface area contributed by atoms with Crippen LogP contribution >= 0.6 is 0 Å². The summed E-state index contributed by atoms with van der Waals surface area (Å²) in [5.41, 5.74) is -0.955. The Morgan fingerprint density at radius 2 is 1.91 bits per heavy atom. The summed E-state index contributed by atoms with van der Waals surface area (Å²) in [5.74, 6) is 1.83. The van der Waals surface area contributed by atoms with Gasteiger partial charge in [-0.15, -0.1) is 0 Å². The number of piperidine rings is 1. The van der Waals surface area contributed by atoms with Crippen molar-refractivity contribution in [1.82, 2.24) is 19.2 Å². The van der Waals surface area contributed by atoms with E-state index in [-0.39, 0.29) is 17.9 Å². The van der Waals surface area contributed by atoms with Crippen molar-refractivity contribution >= 4 is 33.6 Å². The Morgan fingerprint density at radius 1 is 1.24 bits per heavy atom. The zero-order valence-corrected chi connectivity index (χ0v) is 20.7. The summed E-state index contributed by atoms with van der Waals surface area (Å²) in [6, 6.07) is 0.0812. The third-order valence-electron chi connectivity index (χ3n) is 6.02. The van der Waals surface area contributed by atoms with Crippen LogP contribution < -0.4 is 15.4 Å². The van der Waals surface area contributed by atoms with E-state index in [2.05, 4.69) is 27.5 Å². The summed E-state index contributed by atoms with van der Waals surface area (Å²) < 4.78 is 30.1. The highest BCUT2D eigenvalue weighted by atomic mass is 32.2. The first-order valence-corrected chi connectivity index (χ1v) is 13.0. The van der Waals surface area contributed by atoms with E-state index in [0.29, 0.717) is 49.4 Å². The number of rotatable bonds is 3. The number of amides is 2. The van der Waals surface area contributed by atoms with Gasteiger partial charge in [0.05, 0.1) is 12.5 Å². The van der Waals surface area contributed by atoms with Gasteiger partial charge in [0.25, 0.3) is 5.91 Å². The van der Waals surface area contributed by atoms with Gasteiger partial charge in [0.1, 0.15) is 0 Å². The maximum absolute atomic E-state index is 11.9. The first-order valence-electron chi connectivity index (χ1n) is 11.2. The van der Waals surface area contributed by atoms with Crippen molar-refractivity contribution in [2.75, 3.05) is 43.1 Å². The topological polar surface area (TPSA) is 134 Å². The molecule has 0 saturated carbocycles. The maximum atomic E-state index is 11.9.